The van der Waals surface area contributed by atoms with E-state index in [1.165, 1.54) is 18.2 Å². The van der Waals surface area contributed by atoms with E-state index in [4.69, 9.17) is 4.74 Å². The SMILES string of the molecule is O=Cc1cc(F)cc(Oc2cc(F)cc(Br)c2)c1. The first kappa shape index (κ1) is 12.7. The monoisotopic (exact) mass is 312 g/mol. The summed E-state index contributed by atoms with van der Waals surface area (Å²) >= 11 is 3.12. The molecule has 0 saturated carbocycles. The number of ether oxygens (including phenoxy) is 1. The molecule has 0 unspecified atom stereocenters. The minimum Gasteiger partial charge on any atom is -0.457 e. The molecule has 0 amide bonds. The number of rotatable bonds is 3. The molecule has 0 saturated heterocycles. The smallest absolute Gasteiger partial charge is 0.150 e. The van der Waals surface area contributed by atoms with E-state index in [1.807, 2.05) is 0 Å². The third-order valence-corrected chi connectivity index (χ3v) is 2.56. The van der Waals surface area contributed by atoms with E-state index in [0.717, 1.165) is 18.2 Å². The number of hydrogen-bond acceptors (Lipinski definition) is 2. The van der Waals surface area contributed by atoms with Gasteiger partial charge < -0.3 is 4.74 Å². The average molecular weight is 313 g/mol. The van der Waals surface area contributed by atoms with Crippen molar-refractivity contribution in [2.45, 2.75) is 0 Å². The first-order valence-corrected chi connectivity index (χ1v) is 5.76. The van der Waals surface area contributed by atoms with Gasteiger partial charge in [-0.05, 0) is 24.3 Å². The van der Waals surface area contributed by atoms with E-state index < -0.39 is 11.6 Å². The summed E-state index contributed by atoms with van der Waals surface area (Å²) < 4.78 is 32.1. The van der Waals surface area contributed by atoms with Crippen LogP contribution < -0.4 is 4.74 Å². The number of aldehydes is 1. The summed E-state index contributed by atoms with van der Waals surface area (Å²) in [4.78, 5) is 10.6. The molecule has 0 fully saturated rings. The first-order valence-electron chi connectivity index (χ1n) is 4.96. The molecular weight excluding hydrogens is 306 g/mol. The van der Waals surface area contributed by atoms with Gasteiger partial charge in [-0.25, -0.2) is 8.78 Å². The van der Waals surface area contributed by atoms with E-state index in [-0.39, 0.29) is 17.1 Å². The molecule has 18 heavy (non-hydrogen) atoms. The van der Waals surface area contributed by atoms with Gasteiger partial charge in [-0.15, -0.1) is 0 Å². The predicted octanol–water partition coefficient (Wildman–Crippen LogP) is 4.33. The van der Waals surface area contributed by atoms with Crippen molar-refractivity contribution in [3.63, 3.8) is 0 Å². The molecular formula is C13H7BrF2O2. The number of carbonyl (C=O) groups excluding carboxylic acids is 1. The fraction of sp³-hybridized carbons (Fsp3) is 0. The largest absolute Gasteiger partial charge is 0.457 e. The zero-order valence-corrected chi connectivity index (χ0v) is 10.6. The van der Waals surface area contributed by atoms with E-state index in [2.05, 4.69) is 15.9 Å². The number of halogens is 3. The van der Waals surface area contributed by atoms with Gasteiger partial charge >= 0.3 is 0 Å². The van der Waals surface area contributed by atoms with Crippen LogP contribution in [0.5, 0.6) is 11.5 Å². The van der Waals surface area contributed by atoms with Gasteiger partial charge in [0.15, 0.2) is 0 Å². The second kappa shape index (κ2) is 5.27. The maximum atomic E-state index is 13.2. The minimum atomic E-state index is -0.593. The summed E-state index contributed by atoms with van der Waals surface area (Å²) in [5.74, 6) is -0.726. The topological polar surface area (TPSA) is 26.3 Å². The lowest BCUT2D eigenvalue weighted by molar-refractivity contribution is 0.112. The van der Waals surface area contributed by atoms with Crippen LogP contribution >= 0.6 is 15.9 Å². The van der Waals surface area contributed by atoms with E-state index >= 15 is 0 Å². The Hall–Kier alpha value is -1.75. The molecule has 0 atom stereocenters. The quantitative estimate of drug-likeness (QED) is 0.788. The molecule has 0 aliphatic carbocycles. The Morgan fingerprint density at radius 2 is 1.56 bits per heavy atom. The number of carbonyl (C=O) groups is 1. The second-order valence-corrected chi connectivity index (χ2v) is 4.46. The van der Waals surface area contributed by atoms with Crippen molar-refractivity contribution >= 4 is 22.2 Å². The Bertz CT molecular complexity index is 579. The van der Waals surface area contributed by atoms with Gasteiger partial charge in [-0.3, -0.25) is 4.79 Å². The molecule has 0 radical (unpaired) electrons. The number of benzene rings is 2. The normalized spacial score (nSPS) is 10.2. The summed E-state index contributed by atoms with van der Waals surface area (Å²) in [6.07, 6.45) is 0.511. The van der Waals surface area contributed by atoms with Crippen molar-refractivity contribution in [1.29, 1.82) is 0 Å². The molecule has 2 rings (SSSR count). The van der Waals surface area contributed by atoms with Gasteiger partial charge in [-0.2, -0.15) is 0 Å². The van der Waals surface area contributed by atoms with Gasteiger partial charge in [0.25, 0.3) is 0 Å². The van der Waals surface area contributed by atoms with Crippen LogP contribution in [0.15, 0.2) is 40.9 Å². The molecule has 92 valence electrons. The van der Waals surface area contributed by atoms with Gasteiger partial charge in [0.2, 0.25) is 0 Å². The van der Waals surface area contributed by atoms with Crippen LogP contribution in [0.2, 0.25) is 0 Å². The molecule has 0 aromatic heterocycles. The average Bonchev–Trinajstić information content (AvgIpc) is 2.26. The first-order chi connectivity index (χ1) is 8.56. The Morgan fingerprint density at radius 1 is 0.944 bits per heavy atom. The molecule has 0 bridgehead atoms. The molecule has 2 aromatic carbocycles. The molecule has 0 heterocycles. The Labute approximate surface area is 110 Å². The van der Waals surface area contributed by atoms with Crippen LogP contribution in [-0.4, -0.2) is 6.29 Å². The minimum absolute atomic E-state index is 0.134. The highest BCUT2D eigenvalue weighted by Crippen LogP contribution is 2.26. The lowest BCUT2D eigenvalue weighted by Gasteiger charge is -2.07. The highest BCUT2D eigenvalue weighted by molar-refractivity contribution is 9.10. The molecule has 5 heteroatoms. The third-order valence-electron chi connectivity index (χ3n) is 2.10. The standard InChI is InChI=1S/C13H7BrF2O2/c14-9-3-11(16)6-13(4-9)18-12-2-8(7-17)1-10(15)5-12/h1-7H. The maximum Gasteiger partial charge on any atom is 0.150 e. The molecule has 0 aliphatic heterocycles. The third kappa shape index (κ3) is 3.13. The van der Waals surface area contributed by atoms with E-state index in [1.54, 1.807) is 0 Å². The van der Waals surface area contributed by atoms with Crippen LogP contribution in [0, 0.1) is 11.6 Å². The van der Waals surface area contributed by atoms with Crippen molar-refractivity contribution in [1.82, 2.24) is 0 Å². The predicted molar refractivity (Wildman–Crippen MR) is 66.0 cm³/mol. The summed E-state index contributed by atoms with van der Waals surface area (Å²) in [5.41, 5.74) is 0.153. The highest BCUT2D eigenvalue weighted by atomic mass is 79.9. The summed E-state index contributed by atoms with van der Waals surface area (Å²) in [7, 11) is 0. The second-order valence-electron chi connectivity index (χ2n) is 3.55. The van der Waals surface area contributed by atoms with E-state index in [0.29, 0.717) is 10.8 Å². The van der Waals surface area contributed by atoms with Crippen LogP contribution in [0.4, 0.5) is 8.78 Å². The number of hydrogen-bond donors (Lipinski definition) is 0. The summed E-state index contributed by atoms with van der Waals surface area (Å²) in [5, 5.41) is 0. The van der Waals surface area contributed by atoms with Gasteiger partial charge in [0.05, 0.1) is 0 Å². The highest BCUT2D eigenvalue weighted by Gasteiger charge is 2.05. The van der Waals surface area contributed by atoms with Crippen LogP contribution in [0.1, 0.15) is 10.4 Å². The van der Waals surface area contributed by atoms with E-state index in [9.17, 15) is 13.6 Å². The van der Waals surface area contributed by atoms with Crippen molar-refractivity contribution in [3.05, 3.63) is 58.1 Å². The Morgan fingerprint density at radius 3 is 2.17 bits per heavy atom. The fourth-order valence-electron chi connectivity index (χ4n) is 1.43. The fourth-order valence-corrected chi connectivity index (χ4v) is 1.88. The van der Waals surface area contributed by atoms with Crippen molar-refractivity contribution < 1.29 is 18.3 Å². The lowest BCUT2D eigenvalue weighted by Crippen LogP contribution is -1.90. The maximum absolute atomic E-state index is 13.2. The summed E-state index contributed by atoms with van der Waals surface area (Å²) in [6.45, 7) is 0. The van der Waals surface area contributed by atoms with Gasteiger partial charge in [0, 0.05) is 22.2 Å². The van der Waals surface area contributed by atoms with Crippen molar-refractivity contribution in [2.24, 2.45) is 0 Å². The van der Waals surface area contributed by atoms with Gasteiger partial charge in [0.1, 0.15) is 29.4 Å². The molecule has 2 nitrogen and oxygen atoms in total. The Kier molecular flexibility index (Phi) is 3.72. The van der Waals surface area contributed by atoms with Crippen LogP contribution in [0.3, 0.4) is 0 Å². The lowest BCUT2D eigenvalue weighted by atomic mass is 10.2. The van der Waals surface area contributed by atoms with Crippen molar-refractivity contribution in [3.8, 4) is 11.5 Å². The van der Waals surface area contributed by atoms with Gasteiger partial charge in [-0.1, -0.05) is 15.9 Å². The van der Waals surface area contributed by atoms with Crippen LogP contribution in [-0.2, 0) is 0 Å². The van der Waals surface area contributed by atoms with Crippen molar-refractivity contribution in [2.75, 3.05) is 0 Å². The molecule has 2 aromatic rings. The zero-order chi connectivity index (χ0) is 13.1. The molecule has 0 spiro atoms. The van der Waals surface area contributed by atoms with Crippen LogP contribution in [0.25, 0.3) is 0 Å². The zero-order valence-electron chi connectivity index (χ0n) is 8.99. The summed E-state index contributed by atoms with van der Waals surface area (Å²) in [6, 6.07) is 7.54. The Balaban J connectivity index is 2.33. The molecule has 0 aliphatic rings. The molecule has 0 N–H and O–H groups in total.